The summed E-state index contributed by atoms with van der Waals surface area (Å²) in [7, 11) is 2.87. The molecule has 4 atom stereocenters. The molecule has 0 spiro atoms. The van der Waals surface area contributed by atoms with Gasteiger partial charge in [-0.1, -0.05) is 19.0 Å². The Morgan fingerprint density at radius 2 is 1.49 bits per heavy atom. The Kier molecular flexibility index (Phi) is 33.8. The molecule has 3 N–H and O–H groups in total. The maximum absolute atomic E-state index is 8.29. The smallest absolute Gasteiger partial charge is 0.329 e. The monoisotopic (exact) mass is 724 g/mol. The molecule has 0 amide bonds. The summed E-state index contributed by atoms with van der Waals surface area (Å²) in [6.07, 6.45) is 10.2. The third kappa shape index (κ3) is 21.8. The third-order valence-electron chi connectivity index (χ3n) is 4.52. The minimum atomic E-state index is -1.58. The van der Waals surface area contributed by atoms with Gasteiger partial charge in [0.05, 0.1) is 12.7 Å². The first-order chi connectivity index (χ1) is 18.0. The van der Waals surface area contributed by atoms with Crippen LogP contribution in [0.5, 0.6) is 0 Å². The molecule has 222 valence electrons. The molecule has 16 heteroatoms. The van der Waals surface area contributed by atoms with Gasteiger partial charge in [-0.05, 0) is 45.1 Å². The molecule has 0 bridgehead atoms. The normalized spacial score (nSPS) is 21.6. The van der Waals surface area contributed by atoms with Crippen molar-refractivity contribution in [1.29, 1.82) is 0 Å². The van der Waals surface area contributed by atoms with Gasteiger partial charge in [-0.25, -0.2) is 0 Å². The van der Waals surface area contributed by atoms with Crippen molar-refractivity contribution in [3.05, 3.63) is 58.4 Å². The Morgan fingerprint density at radius 1 is 0.949 bits per heavy atom. The Balaban J connectivity index is -0.000000510. The number of nitrogens with zero attached hydrogens (tertiary/aromatic N) is 4. The van der Waals surface area contributed by atoms with Gasteiger partial charge < -0.3 is 54.8 Å². The third-order valence-corrected chi connectivity index (χ3v) is 5.14. The van der Waals surface area contributed by atoms with E-state index in [0.717, 1.165) is 25.7 Å². The zero-order valence-electron chi connectivity index (χ0n) is 23.9. The van der Waals surface area contributed by atoms with E-state index in [9.17, 15) is 0 Å². The number of aromatic nitrogens is 2. The molecule has 2 saturated heterocycles. The van der Waals surface area contributed by atoms with Gasteiger partial charge in [-0.2, -0.15) is 17.4 Å². The fourth-order valence-corrected chi connectivity index (χ4v) is 3.10. The first kappa shape index (κ1) is 44.0. The minimum Gasteiger partial charge on any atom is -0.674 e. The Hall–Kier alpha value is 0.538. The van der Waals surface area contributed by atoms with Crippen LogP contribution in [0.2, 0.25) is 0 Å². The van der Waals surface area contributed by atoms with Gasteiger partial charge in [-0.3, -0.25) is 0 Å². The largest absolute Gasteiger partial charge is 0.674 e. The summed E-state index contributed by atoms with van der Waals surface area (Å²) in [6.45, 7) is 6.94. The average molecular weight is 724 g/mol. The molecule has 2 aliphatic rings. The summed E-state index contributed by atoms with van der Waals surface area (Å²) in [5.74, 6) is 1.15. The maximum atomic E-state index is 8.29. The van der Waals surface area contributed by atoms with Crippen LogP contribution in [0.3, 0.4) is 0 Å². The molecule has 3 heterocycles. The second-order valence-electron chi connectivity index (χ2n) is 7.16. The fraction of sp³-hybridized carbons (Fsp3) is 0.739. The molecule has 13 nitrogen and oxygen atoms in total. The number of aryl methyl sites for hydroxylation is 1. The van der Waals surface area contributed by atoms with Crippen LogP contribution in [-0.2, 0) is 88.7 Å². The molecular weight excluding hydrogens is 681 g/mol. The molecule has 1 aromatic heterocycles. The summed E-state index contributed by atoms with van der Waals surface area (Å²) in [5, 5.41) is 12.1. The van der Waals surface area contributed by atoms with E-state index in [4.69, 9.17) is 35.1 Å². The van der Waals surface area contributed by atoms with Gasteiger partial charge in [0, 0.05) is 86.7 Å². The molecule has 2 radical (unpaired) electrons. The first-order valence-electron chi connectivity index (χ1n) is 12.1. The molecule has 0 aliphatic carbocycles. The summed E-state index contributed by atoms with van der Waals surface area (Å²) in [6, 6.07) is 0. The summed E-state index contributed by atoms with van der Waals surface area (Å²) in [4.78, 5) is 12.4. The summed E-state index contributed by atoms with van der Waals surface area (Å²) < 4.78 is 29.8. The molecule has 1 aromatic rings. The van der Waals surface area contributed by atoms with Crippen LogP contribution in [0.1, 0.15) is 57.3 Å². The molecule has 0 aromatic carbocycles. The standard InChI is InChI=1S/C10H14N4O2.C9H16N2O2.C2H7O3P.C2H6.2Y/c1-7-13-10(16-14-7)8-3-4-9(15-8)12-6-2-5-11;1-12-7-8-3-4-9(13-8)11-6-2-5-10;1-4-6(3)5-2;1-2;;/h2,6,8-9,11H,3-5H2,1H3;2,6,8-10H,3-5,7H2,1H3;3H,1-2H3;1-2H3;;/q2*-2;;;;/b2*6-2-;;;;. The molecule has 4 unspecified atom stereocenters. The first-order valence-corrected chi connectivity index (χ1v) is 13.3. The average Bonchev–Trinajstić information content (AvgIpc) is 3.68. The summed E-state index contributed by atoms with van der Waals surface area (Å²) >= 11 is 0. The van der Waals surface area contributed by atoms with E-state index in [-0.39, 0.29) is 103 Å². The van der Waals surface area contributed by atoms with Crippen LogP contribution >= 0.6 is 8.60 Å². The molecule has 2 aliphatic heterocycles. The van der Waals surface area contributed by atoms with E-state index in [1.165, 1.54) is 14.2 Å². The zero-order valence-corrected chi connectivity index (χ0v) is 30.4. The van der Waals surface area contributed by atoms with E-state index < -0.39 is 8.60 Å². The van der Waals surface area contributed by atoms with Crippen LogP contribution in [0.25, 0.3) is 22.1 Å². The number of rotatable bonds is 11. The summed E-state index contributed by atoms with van der Waals surface area (Å²) in [5.41, 5.74) is 13.8. The Labute approximate surface area is 285 Å². The van der Waals surface area contributed by atoms with Crippen molar-refractivity contribution in [3.8, 4) is 0 Å². The minimum absolute atomic E-state index is 0. The molecule has 3 rings (SSSR count). The predicted octanol–water partition coefficient (Wildman–Crippen LogP) is 6.09. The van der Waals surface area contributed by atoms with Gasteiger partial charge in [0.2, 0.25) is 0 Å². The van der Waals surface area contributed by atoms with Crippen LogP contribution in [-0.4, -0.2) is 74.6 Å². The van der Waals surface area contributed by atoms with E-state index in [1.807, 2.05) is 13.8 Å². The van der Waals surface area contributed by atoms with E-state index in [1.54, 1.807) is 38.6 Å². The second kappa shape index (κ2) is 30.0. The van der Waals surface area contributed by atoms with Gasteiger partial charge in [0.25, 0.3) is 5.89 Å². The van der Waals surface area contributed by atoms with Gasteiger partial charge in [0.15, 0.2) is 5.82 Å². The number of hydrogen-bond acceptors (Lipinski definition) is 9. The van der Waals surface area contributed by atoms with Crippen LogP contribution in [0.4, 0.5) is 0 Å². The van der Waals surface area contributed by atoms with Crippen molar-refractivity contribution in [2.45, 2.75) is 71.1 Å². The van der Waals surface area contributed by atoms with Crippen molar-refractivity contribution >= 4 is 8.60 Å². The molecule has 39 heavy (non-hydrogen) atoms. The van der Waals surface area contributed by atoms with Gasteiger partial charge >= 0.3 is 8.60 Å². The Bertz CT molecular complexity index is 720. The van der Waals surface area contributed by atoms with Crippen molar-refractivity contribution in [2.75, 3.05) is 41.0 Å². The molecule has 0 saturated carbocycles. The van der Waals surface area contributed by atoms with E-state index in [0.29, 0.717) is 18.3 Å². The van der Waals surface area contributed by atoms with Crippen LogP contribution in [0.15, 0.2) is 29.1 Å². The van der Waals surface area contributed by atoms with Gasteiger partial charge in [0.1, 0.15) is 6.10 Å². The van der Waals surface area contributed by atoms with Crippen LogP contribution < -0.4 is 0 Å². The second-order valence-corrected chi connectivity index (χ2v) is 8.37. The van der Waals surface area contributed by atoms with Crippen molar-refractivity contribution < 1.29 is 98.1 Å². The SMILES string of the molecule is CC.COCC1CCC([N-]/C=C\C[NH-])O1.COP(O)OC.Cc1noc(C2CCC([N-]/C=C\C[NH-])O2)n1.[Y].[Y]. The molecular formula is C23H43N6O7PY2-4. The van der Waals surface area contributed by atoms with Crippen LogP contribution in [0, 0.1) is 6.92 Å². The number of hydrogen-bond donors (Lipinski definition) is 1. The number of nitrogens with one attached hydrogen (secondary N) is 2. The van der Waals surface area contributed by atoms with E-state index >= 15 is 0 Å². The van der Waals surface area contributed by atoms with Crippen molar-refractivity contribution in [2.24, 2.45) is 0 Å². The molecule has 2 fully saturated rings. The quantitative estimate of drug-likeness (QED) is 0.264. The number of methoxy groups -OCH3 is 1. The number of ether oxygens (including phenoxy) is 3. The fourth-order valence-electron chi connectivity index (χ4n) is 2.95. The predicted molar refractivity (Wildman–Crippen MR) is 144 cm³/mol. The topological polar surface area (TPSA) is 181 Å². The van der Waals surface area contributed by atoms with Crippen molar-refractivity contribution in [3.63, 3.8) is 0 Å². The Morgan fingerprint density at radius 3 is 1.92 bits per heavy atom. The maximum Gasteiger partial charge on any atom is 0.329 e. The van der Waals surface area contributed by atoms with E-state index in [2.05, 4.69) is 29.8 Å². The van der Waals surface area contributed by atoms with Crippen molar-refractivity contribution in [1.82, 2.24) is 10.1 Å². The zero-order chi connectivity index (χ0) is 27.9. The van der Waals surface area contributed by atoms with Gasteiger partial charge in [-0.15, -0.1) is 25.2 Å².